The molecule has 0 radical (unpaired) electrons. The summed E-state index contributed by atoms with van der Waals surface area (Å²) >= 11 is 1.56. The number of thiazole rings is 1. The van der Waals surface area contributed by atoms with Crippen molar-refractivity contribution in [2.45, 2.75) is 18.9 Å². The Hall–Kier alpha value is -1.92. The largest absolute Gasteiger partial charge is 0.492 e. The fraction of sp³-hybridized carbons (Fsp3) is 0.444. The van der Waals surface area contributed by atoms with Crippen molar-refractivity contribution < 1.29 is 5.11 Å². The first-order valence-electron chi connectivity index (χ1n) is 8.37. The van der Waals surface area contributed by atoms with Crippen LogP contribution in [0.5, 0.6) is 5.88 Å². The zero-order valence-corrected chi connectivity index (χ0v) is 14.9. The van der Waals surface area contributed by atoms with Crippen LogP contribution in [0.4, 0.5) is 5.13 Å². The molecule has 0 saturated carbocycles. The first kappa shape index (κ1) is 15.6. The van der Waals surface area contributed by atoms with Crippen LogP contribution in [0.2, 0.25) is 0 Å². The van der Waals surface area contributed by atoms with Crippen molar-refractivity contribution in [3.8, 4) is 5.88 Å². The molecule has 2 aromatic rings. The minimum Gasteiger partial charge on any atom is -0.492 e. The van der Waals surface area contributed by atoms with Gasteiger partial charge in [0.1, 0.15) is 0 Å². The molecule has 5 nitrogen and oxygen atoms in total. The monoisotopic (exact) mass is 342 g/mol. The summed E-state index contributed by atoms with van der Waals surface area (Å²) in [7, 11) is 4.23. The predicted octanol–water partition coefficient (Wildman–Crippen LogP) is 0.993. The van der Waals surface area contributed by atoms with E-state index in [1.807, 2.05) is 6.08 Å². The van der Waals surface area contributed by atoms with Crippen LogP contribution in [0.1, 0.15) is 16.9 Å². The third-order valence-corrected chi connectivity index (χ3v) is 5.93. The molecule has 2 aliphatic rings. The molecule has 1 aromatic heterocycles. The Morgan fingerprint density at radius 2 is 2.25 bits per heavy atom. The minimum atomic E-state index is 0.124. The van der Waals surface area contributed by atoms with Crippen LogP contribution in [0.15, 0.2) is 23.2 Å². The number of aromatic nitrogens is 1. The van der Waals surface area contributed by atoms with Crippen molar-refractivity contribution in [1.82, 2.24) is 9.88 Å². The number of rotatable bonds is 3. The van der Waals surface area contributed by atoms with E-state index in [0.717, 1.165) is 53.1 Å². The minimum absolute atomic E-state index is 0.124. The molecule has 1 saturated heterocycles. The third kappa shape index (κ3) is 2.80. The normalized spacial score (nSPS) is 20.7. The maximum absolute atomic E-state index is 10.3. The molecule has 24 heavy (non-hydrogen) atoms. The standard InChI is InChI=1S/C18H22N4OS/c1-21(2)14-7-9-22(11-14)18-20-17(23)15(24-18)10-13-5-3-4-12-6-8-19-16(12)13/h3-5,10,14,23H,6-9,11H2,1-2H3/b13-10+/t14-/m0/s1. The second-order valence-corrected chi connectivity index (χ2v) is 7.68. The number of anilines is 1. The van der Waals surface area contributed by atoms with E-state index in [1.54, 1.807) is 11.3 Å². The van der Waals surface area contributed by atoms with Gasteiger partial charge >= 0.3 is 0 Å². The highest BCUT2D eigenvalue weighted by Crippen LogP contribution is 2.33. The number of likely N-dealkylation sites (N-methyl/N-ethyl adjacent to an activating group) is 1. The summed E-state index contributed by atoms with van der Waals surface area (Å²) in [6.07, 6.45) is 4.16. The Morgan fingerprint density at radius 3 is 3.04 bits per heavy atom. The van der Waals surface area contributed by atoms with Crippen LogP contribution in [0.3, 0.4) is 0 Å². The molecule has 3 heterocycles. The molecule has 6 heteroatoms. The number of hydrogen-bond donors (Lipinski definition) is 1. The van der Waals surface area contributed by atoms with E-state index in [4.69, 9.17) is 0 Å². The molecule has 126 valence electrons. The van der Waals surface area contributed by atoms with Gasteiger partial charge in [-0.25, -0.2) is 0 Å². The molecule has 4 rings (SSSR count). The van der Waals surface area contributed by atoms with Crippen LogP contribution in [0.25, 0.3) is 6.08 Å². The number of nitrogens with zero attached hydrogens (tertiary/aromatic N) is 4. The number of para-hydroxylation sites is 1. The molecule has 0 bridgehead atoms. The van der Waals surface area contributed by atoms with Crippen LogP contribution in [-0.4, -0.2) is 54.8 Å². The molecule has 1 fully saturated rings. The Bertz CT molecular complexity index is 874. The number of fused-ring (bicyclic) bond motifs is 1. The van der Waals surface area contributed by atoms with Gasteiger partial charge in [0.25, 0.3) is 0 Å². The molecule has 0 amide bonds. The van der Waals surface area contributed by atoms with E-state index in [-0.39, 0.29) is 5.88 Å². The Labute approximate surface area is 145 Å². The van der Waals surface area contributed by atoms with Gasteiger partial charge in [0.2, 0.25) is 5.88 Å². The van der Waals surface area contributed by atoms with Crippen LogP contribution in [0, 0.1) is 0 Å². The first-order chi connectivity index (χ1) is 11.6. The molecule has 0 spiro atoms. The maximum Gasteiger partial charge on any atom is 0.231 e. The van der Waals surface area contributed by atoms with E-state index in [1.165, 1.54) is 5.56 Å². The van der Waals surface area contributed by atoms with E-state index in [9.17, 15) is 5.11 Å². The highest BCUT2D eigenvalue weighted by atomic mass is 32.1. The van der Waals surface area contributed by atoms with Crippen LogP contribution >= 0.6 is 11.3 Å². The fourth-order valence-electron chi connectivity index (χ4n) is 3.43. The van der Waals surface area contributed by atoms with Crippen LogP contribution < -0.4 is 15.5 Å². The van der Waals surface area contributed by atoms with Gasteiger partial charge in [-0.15, -0.1) is 0 Å². The highest BCUT2D eigenvalue weighted by molar-refractivity contribution is 7.16. The molecule has 2 aliphatic heterocycles. The Morgan fingerprint density at radius 1 is 1.38 bits per heavy atom. The lowest BCUT2D eigenvalue weighted by atomic mass is 10.1. The lowest BCUT2D eigenvalue weighted by Crippen LogP contribution is -2.31. The third-order valence-electron chi connectivity index (χ3n) is 4.88. The summed E-state index contributed by atoms with van der Waals surface area (Å²) in [4.78, 5) is 14.3. The van der Waals surface area contributed by atoms with Gasteiger partial charge in [-0.3, -0.25) is 4.99 Å². The molecule has 0 unspecified atom stereocenters. The maximum atomic E-state index is 10.3. The molecule has 1 aromatic carbocycles. The lowest BCUT2D eigenvalue weighted by Gasteiger charge is -2.19. The van der Waals surface area contributed by atoms with E-state index >= 15 is 0 Å². The fourth-order valence-corrected chi connectivity index (χ4v) is 4.38. The van der Waals surface area contributed by atoms with Crippen molar-refractivity contribution in [1.29, 1.82) is 0 Å². The summed E-state index contributed by atoms with van der Waals surface area (Å²) in [5, 5.41) is 13.3. The molecule has 0 aliphatic carbocycles. The predicted molar refractivity (Wildman–Crippen MR) is 97.4 cm³/mol. The van der Waals surface area contributed by atoms with Gasteiger partial charge in [0.05, 0.1) is 10.2 Å². The second-order valence-electron chi connectivity index (χ2n) is 6.67. The molecule has 1 atom stereocenters. The molecular formula is C18H22N4OS. The molecular weight excluding hydrogens is 320 g/mol. The second kappa shape index (κ2) is 6.18. The van der Waals surface area contributed by atoms with E-state index in [0.29, 0.717) is 6.04 Å². The van der Waals surface area contributed by atoms with Gasteiger partial charge in [-0.05, 0) is 38.6 Å². The van der Waals surface area contributed by atoms with Crippen LogP contribution in [-0.2, 0) is 6.42 Å². The van der Waals surface area contributed by atoms with Crippen molar-refractivity contribution in [2.24, 2.45) is 4.99 Å². The van der Waals surface area contributed by atoms with Gasteiger partial charge in [0.15, 0.2) is 5.13 Å². The summed E-state index contributed by atoms with van der Waals surface area (Å²) in [6, 6.07) is 6.81. The number of hydrogen-bond acceptors (Lipinski definition) is 6. The number of aromatic hydroxyl groups is 1. The van der Waals surface area contributed by atoms with Gasteiger partial charge in [-0.2, -0.15) is 4.98 Å². The van der Waals surface area contributed by atoms with Gasteiger partial charge < -0.3 is 14.9 Å². The summed E-state index contributed by atoms with van der Waals surface area (Å²) < 4.78 is 0. The summed E-state index contributed by atoms with van der Waals surface area (Å²) in [5.41, 5.74) is 1.29. The Kier molecular flexibility index (Phi) is 4.02. The van der Waals surface area contributed by atoms with Crippen molar-refractivity contribution >= 4 is 22.5 Å². The SMILES string of the molecule is CN(C)[C@H]1CCN(c2nc(O)c(/C=c3\cccc4c3=NCC4)s2)C1. The average molecular weight is 342 g/mol. The van der Waals surface area contributed by atoms with Gasteiger partial charge in [-0.1, -0.05) is 29.5 Å². The van der Waals surface area contributed by atoms with E-state index < -0.39 is 0 Å². The lowest BCUT2D eigenvalue weighted by molar-refractivity contribution is 0.315. The van der Waals surface area contributed by atoms with Crippen molar-refractivity contribution in [3.05, 3.63) is 39.2 Å². The first-order valence-corrected chi connectivity index (χ1v) is 9.19. The van der Waals surface area contributed by atoms with Crippen molar-refractivity contribution in [3.63, 3.8) is 0 Å². The summed E-state index contributed by atoms with van der Waals surface area (Å²) in [5.74, 6) is 0.124. The van der Waals surface area contributed by atoms with E-state index in [2.05, 4.69) is 52.1 Å². The quantitative estimate of drug-likeness (QED) is 0.904. The molecule has 1 N–H and O–H groups in total. The average Bonchev–Trinajstić information content (AvgIpc) is 3.27. The smallest absolute Gasteiger partial charge is 0.231 e. The highest BCUT2D eigenvalue weighted by Gasteiger charge is 2.26. The zero-order chi connectivity index (χ0) is 16.7. The zero-order valence-electron chi connectivity index (χ0n) is 14.1. The summed E-state index contributed by atoms with van der Waals surface area (Å²) in [6.45, 7) is 2.82. The van der Waals surface area contributed by atoms with Gasteiger partial charge in [0, 0.05) is 30.9 Å². The number of benzene rings is 1. The topological polar surface area (TPSA) is 52.0 Å². The van der Waals surface area contributed by atoms with Crippen molar-refractivity contribution in [2.75, 3.05) is 38.6 Å². The Balaban J connectivity index is 1.66.